The first-order valence-electron chi connectivity index (χ1n) is 7.02. The molecule has 2 rings (SSSR count). The second-order valence-corrected chi connectivity index (χ2v) is 6.01. The van der Waals surface area contributed by atoms with Crippen molar-refractivity contribution < 1.29 is 4.39 Å². The van der Waals surface area contributed by atoms with E-state index in [0.717, 1.165) is 28.4 Å². The number of halogens is 1. The van der Waals surface area contributed by atoms with Gasteiger partial charge in [0.05, 0.1) is 0 Å². The molecule has 0 bridgehead atoms. The average Bonchev–Trinajstić information content (AvgIpc) is 2.40. The zero-order valence-electron chi connectivity index (χ0n) is 12.8. The third-order valence-corrected chi connectivity index (χ3v) is 4.07. The quantitative estimate of drug-likeness (QED) is 0.846. The number of aromatic nitrogens is 2. The van der Waals surface area contributed by atoms with Gasteiger partial charge >= 0.3 is 0 Å². The van der Waals surface area contributed by atoms with E-state index < -0.39 is 0 Å². The first kappa shape index (κ1) is 15.9. The van der Waals surface area contributed by atoms with Crippen LogP contribution in [0.25, 0.3) is 0 Å². The smallest absolute Gasteiger partial charge is 0.192 e. The molecule has 0 radical (unpaired) electrons. The minimum atomic E-state index is -0.222. The van der Waals surface area contributed by atoms with Crippen molar-refractivity contribution in [2.75, 3.05) is 6.54 Å². The molecular formula is C16H20FN3S. The Kier molecular flexibility index (Phi) is 5.31. The Morgan fingerprint density at radius 2 is 1.86 bits per heavy atom. The SMILES string of the molecule is CCNC(C)c1cc(F)ccc1Sc1nc(C)cc(C)n1. The van der Waals surface area contributed by atoms with Crippen molar-refractivity contribution in [3.63, 3.8) is 0 Å². The van der Waals surface area contributed by atoms with Crippen LogP contribution in [-0.4, -0.2) is 16.5 Å². The Morgan fingerprint density at radius 3 is 2.48 bits per heavy atom. The van der Waals surface area contributed by atoms with Gasteiger partial charge in [-0.3, -0.25) is 0 Å². The van der Waals surface area contributed by atoms with Gasteiger partial charge < -0.3 is 5.32 Å². The Bertz CT molecular complexity index is 611. The number of hydrogen-bond acceptors (Lipinski definition) is 4. The summed E-state index contributed by atoms with van der Waals surface area (Å²) in [6.07, 6.45) is 0. The molecule has 0 spiro atoms. The molecule has 0 aliphatic carbocycles. The van der Waals surface area contributed by atoms with E-state index in [0.29, 0.717) is 5.16 Å². The summed E-state index contributed by atoms with van der Waals surface area (Å²) in [5.41, 5.74) is 2.81. The van der Waals surface area contributed by atoms with E-state index in [1.807, 2.05) is 33.8 Å². The molecule has 1 aromatic heterocycles. The molecule has 1 N–H and O–H groups in total. The van der Waals surface area contributed by atoms with Gasteiger partial charge in [-0.2, -0.15) is 0 Å². The molecule has 0 amide bonds. The molecule has 3 nitrogen and oxygen atoms in total. The number of aryl methyl sites for hydroxylation is 2. The topological polar surface area (TPSA) is 37.8 Å². The van der Waals surface area contributed by atoms with Gasteiger partial charge in [0.25, 0.3) is 0 Å². The first-order valence-corrected chi connectivity index (χ1v) is 7.84. The van der Waals surface area contributed by atoms with E-state index in [-0.39, 0.29) is 11.9 Å². The average molecular weight is 305 g/mol. The molecule has 1 heterocycles. The van der Waals surface area contributed by atoms with Crippen LogP contribution >= 0.6 is 11.8 Å². The lowest BCUT2D eigenvalue weighted by atomic mass is 10.1. The molecule has 5 heteroatoms. The molecule has 2 aromatic rings. The molecule has 1 unspecified atom stereocenters. The fourth-order valence-corrected chi connectivity index (χ4v) is 3.27. The second kappa shape index (κ2) is 7.00. The van der Waals surface area contributed by atoms with Crippen LogP contribution in [-0.2, 0) is 0 Å². The van der Waals surface area contributed by atoms with Gasteiger partial charge in [0, 0.05) is 22.3 Å². The third kappa shape index (κ3) is 4.25. The van der Waals surface area contributed by atoms with Gasteiger partial charge in [-0.25, -0.2) is 14.4 Å². The summed E-state index contributed by atoms with van der Waals surface area (Å²) in [6, 6.07) is 6.88. The van der Waals surface area contributed by atoms with Crippen molar-refractivity contribution in [3.8, 4) is 0 Å². The number of rotatable bonds is 5. The van der Waals surface area contributed by atoms with Crippen molar-refractivity contribution in [3.05, 3.63) is 47.0 Å². The number of hydrogen-bond donors (Lipinski definition) is 1. The van der Waals surface area contributed by atoms with Gasteiger partial charge in [-0.15, -0.1) is 0 Å². The van der Waals surface area contributed by atoms with Crippen LogP contribution in [0, 0.1) is 19.7 Å². The highest BCUT2D eigenvalue weighted by Gasteiger charge is 2.13. The molecule has 0 aliphatic rings. The Morgan fingerprint density at radius 1 is 1.19 bits per heavy atom. The first-order chi connectivity index (χ1) is 9.99. The van der Waals surface area contributed by atoms with E-state index in [9.17, 15) is 4.39 Å². The molecule has 112 valence electrons. The van der Waals surface area contributed by atoms with Crippen molar-refractivity contribution in [1.29, 1.82) is 0 Å². The van der Waals surface area contributed by atoms with Crippen LogP contribution in [0.4, 0.5) is 4.39 Å². The third-order valence-electron chi connectivity index (χ3n) is 3.11. The monoisotopic (exact) mass is 305 g/mol. The Labute approximate surface area is 129 Å². The molecule has 0 saturated carbocycles. The largest absolute Gasteiger partial charge is 0.310 e. The molecule has 0 aliphatic heterocycles. The van der Waals surface area contributed by atoms with Crippen LogP contribution in [0.1, 0.15) is 36.8 Å². The molecule has 0 fully saturated rings. The summed E-state index contributed by atoms with van der Waals surface area (Å²) in [5, 5.41) is 4.02. The van der Waals surface area contributed by atoms with Crippen LogP contribution in [0.5, 0.6) is 0 Å². The minimum absolute atomic E-state index is 0.0825. The van der Waals surface area contributed by atoms with Gasteiger partial charge in [-0.1, -0.05) is 6.92 Å². The van der Waals surface area contributed by atoms with Crippen LogP contribution in [0.15, 0.2) is 34.3 Å². The maximum atomic E-state index is 13.5. The van der Waals surface area contributed by atoms with Crippen LogP contribution in [0.3, 0.4) is 0 Å². The highest BCUT2D eigenvalue weighted by Crippen LogP contribution is 2.32. The van der Waals surface area contributed by atoms with Crippen molar-refractivity contribution in [1.82, 2.24) is 15.3 Å². The summed E-state index contributed by atoms with van der Waals surface area (Å²) >= 11 is 1.48. The van der Waals surface area contributed by atoms with Gasteiger partial charge in [0.2, 0.25) is 0 Å². The lowest BCUT2D eigenvalue weighted by molar-refractivity contribution is 0.574. The maximum Gasteiger partial charge on any atom is 0.192 e. The maximum absolute atomic E-state index is 13.5. The van der Waals surface area contributed by atoms with Gasteiger partial charge in [0.1, 0.15) is 5.82 Å². The van der Waals surface area contributed by atoms with E-state index in [2.05, 4.69) is 15.3 Å². The predicted molar refractivity (Wildman–Crippen MR) is 84.1 cm³/mol. The van der Waals surface area contributed by atoms with Crippen LogP contribution in [0.2, 0.25) is 0 Å². The predicted octanol–water partition coefficient (Wildman–Crippen LogP) is 4.05. The zero-order chi connectivity index (χ0) is 15.4. The molecule has 21 heavy (non-hydrogen) atoms. The molecular weight excluding hydrogens is 285 g/mol. The second-order valence-electron chi connectivity index (χ2n) is 5.00. The Hall–Kier alpha value is -1.46. The van der Waals surface area contributed by atoms with E-state index in [4.69, 9.17) is 0 Å². The highest BCUT2D eigenvalue weighted by molar-refractivity contribution is 7.99. The zero-order valence-corrected chi connectivity index (χ0v) is 13.6. The van der Waals surface area contributed by atoms with E-state index in [1.165, 1.54) is 17.8 Å². The lowest BCUT2D eigenvalue weighted by Gasteiger charge is -2.16. The van der Waals surface area contributed by atoms with Gasteiger partial charge in [0.15, 0.2) is 5.16 Å². The van der Waals surface area contributed by atoms with Crippen LogP contribution < -0.4 is 5.32 Å². The Balaban J connectivity index is 2.34. The van der Waals surface area contributed by atoms with Crippen molar-refractivity contribution in [2.45, 2.75) is 43.8 Å². The summed E-state index contributed by atoms with van der Waals surface area (Å²) in [5.74, 6) is -0.222. The minimum Gasteiger partial charge on any atom is -0.310 e. The number of nitrogens with one attached hydrogen (secondary N) is 1. The summed E-state index contributed by atoms with van der Waals surface area (Å²) in [7, 11) is 0. The van der Waals surface area contributed by atoms with E-state index >= 15 is 0 Å². The number of nitrogens with zero attached hydrogens (tertiary/aromatic N) is 2. The van der Waals surface area contributed by atoms with Crippen molar-refractivity contribution >= 4 is 11.8 Å². The van der Waals surface area contributed by atoms with E-state index in [1.54, 1.807) is 12.1 Å². The molecule has 1 atom stereocenters. The fourth-order valence-electron chi connectivity index (χ4n) is 2.20. The number of benzene rings is 1. The highest BCUT2D eigenvalue weighted by atomic mass is 32.2. The summed E-state index contributed by atoms with van der Waals surface area (Å²) in [6.45, 7) is 8.80. The lowest BCUT2D eigenvalue weighted by Crippen LogP contribution is -2.18. The summed E-state index contributed by atoms with van der Waals surface area (Å²) < 4.78 is 13.5. The fraction of sp³-hybridized carbons (Fsp3) is 0.375. The standard InChI is InChI=1S/C16H20FN3S/c1-5-18-12(4)14-9-13(17)6-7-15(14)21-16-19-10(2)8-11(3)20-16/h6-9,12,18H,5H2,1-4H3. The van der Waals surface area contributed by atoms with Crippen molar-refractivity contribution in [2.24, 2.45) is 0 Å². The summed E-state index contributed by atoms with van der Waals surface area (Å²) in [4.78, 5) is 9.85. The molecule has 1 aromatic carbocycles. The van der Waals surface area contributed by atoms with Gasteiger partial charge in [-0.05, 0) is 68.9 Å². The molecule has 0 saturated heterocycles. The normalized spacial score (nSPS) is 12.4.